The lowest BCUT2D eigenvalue weighted by Crippen LogP contribution is -2.81. The van der Waals surface area contributed by atoms with Crippen molar-refractivity contribution in [3.63, 3.8) is 0 Å². The van der Waals surface area contributed by atoms with Gasteiger partial charge in [0, 0.05) is 103 Å². The maximum atomic E-state index is 15.6. The number of rotatable bonds is 11. The van der Waals surface area contributed by atoms with E-state index in [2.05, 4.69) is 33.8 Å². The summed E-state index contributed by atoms with van der Waals surface area (Å²) in [7, 11) is 6.05. The van der Waals surface area contributed by atoms with Crippen molar-refractivity contribution in [2.45, 2.75) is 113 Å². The van der Waals surface area contributed by atoms with E-state index in [0.717, 1.165) is 22.0 Å². The molecule has 0 radical (unpaired) electrons. The number of piperidine rings is 1. The summed E-state index contributed by atoms with van der Waals surface area (Å²) in [6.07, 6.45) is 4.67. The predicted octanol–water partition coefficient (Wildman–Crippen LogP) is 4.56. The van der Waals surface area contributed by atoms with E-state index in [0.29, 0.717) is 87.5 Å². The Bertz CT molecular complexity index is 2470. The van der Waals surface area contributed by atoms with E-state index in [1.807, 2.05) is 55.3 Å². The molecule has 5 aliphatic heterocycles. The quantitative estimate of drug-likeness (QED) is 0.139. The average Bonchev–Trinajstić information content (AvgIpc) is 3.98. The lowest BCUT2D eigenvalue weighted by Gasteiger charge is -2.63. The molecule has 3 aromatic rings. The Morgan fingerprint density at radius 1 is 0.955 bits per heavy atom. The number of aliphatic hydroxyl groups excluding tert-OH is 1. The van der Waals surface area contributed by atoms with Gasteiger partial charge in [-0.25, -0.2) is 4.79 Å². The highest BCUT2D eigenvalue weighted by atomic mass is 16.6. The molecule has 15 heteroatoms. The molecule has 15 nitrogen and oxygen atoms in total. The number of aromatic nitrogens is 1. The summed E-state index contributed by atoms with van der Waals surface area (Å²) in [5.74, 6) is -2.47. The van der Waals surface area contributed by atoms with E-state index in [1.54, 1.807) is 14.0 Å². The number of fused-ring (bicyclic) bond motifs is 6. The largest absolute Gasteiger partial charge is 0.496 e. The summed E-state index contributed by atoms with van der Waals surface area (Å²) in [6.45, 7) is 10.4. The van der Waals surface area contributed by atoms with Crippen LogP contribution in [0.1, 0.15) is 88.6 Å². The zero-order valence-electron chi connectivity index (χ0n) is 39.6. The lowest BCUT2D eigenvalue weighted by molar-refractivity contribution is -0.228. The number of likely N-dealkylation sites (N-methyl/N-ethyl adjacent to an activating group) is 1. The van der Waals surface area contributed by atoms with Crippen LogP contribution < -0.4 is 9.64 Å². The first-order valence-electron chi connectivity index (χ1n) is 23.7. The van der Waals surface area contributed by atoms with Crippen molar-refractivity contribution < 1.29 is 53.1 Å². The number of nitrogens with one attached hydrogen (secondary N) is 1. The number of methoxy groups -OCH3 is 3. The molecule has 2 unspecified atom stereocenters. The maximum absolute atomic E-state index is 15.6. The van der Waals surface area contributed by atoms with Gasteiger partial charge in [0.2, 0.25) is 5.60 Å². The third kappa shape index (κ3) is 6.20. The van der Waals surface area contributed by atoms with E-state index in [-0.39, 0.29) is 31.5 Å². The van der Waals surface area contributed by atoms with Gasteiger partial charge in [-0.1, -0.05) is 44.2 Å². The van der Waals surface area contributed by atoms with E-state index in [1.165, 1.54) is 21.1 Å². The van der Waals surface area contributed by atoms with Gasteiger partial charge in [0.25, 0.3) is 0 Å². The summed E-state index contributed by atoms with van der Waals surface area (Å²) in [4.78, 5) is 66.5. The van der Waals surface area contributed by atoms with Crippen molar-refractivity contribution in [1.82, 2.24) is 14.8 Å². The molecule has 1 saturated carbocycles. The second kappa shape index (κ2) is 16.7. The third-order valence-corrected chi connectivity index (χ3v) is 17.2. The molecule has 66 heavy (non-hydrogen) atoms. The van der Waals surface area contributed by atoms with Gasteiger partial charge in [0.1, 0.15) is 11.2 Å². The van der Waals surface area contributed by atoms with E-state index in [9.17, 15) is 24.6 Å². The zero-order valence-corrected chi connectivity index (χ0v) is 39.6. The predicted molar refractivity (Wildman–Crippen MR) is 245 cm³/mol. The summed E-state index contributed by atoms with van der Waals surface area (Å²) in [5.41, 5.74) is -2.13. The van der Waals surface area contributed by atoms with Gasteiger partial charge in [-0.3, -0.25) is 19.3 Å². The minimum atomic E-state index is -2.35. The number of ether oxygens (including phenoxy) is 5. The molecular formula is C51H66N4O11. The number of carbonyl (C=O) groups excluding carboxylic acids is 4. The third-order valence-electron chi connectivity index (χ3n) is 17.2. The molecule has 9 rings (SSSR count). The Balaban J connectivity index is 1.33. The molecule has 1 aliphatic carbocycles. The standard InChI is InChI=1S/C51H66N4O11/c1-9-47(20-17-39(57)65-11-3)29-54-23-18-33-32-15-12-13-16-36(32)52-40(33)50(45(59)63-7,27-31(28-54)41(47)58)35-25-34-37(26-38(35)62-6)53(5)43-49(34)21-24-55-22-14-19-48(10-2,42(49)55)44(66-30(4)56)51(43,61)46(60)64-8/h12-16,19,25-26,31,41-44,52,58,61H,9-11,17-18,20-24,27-29H2,1-8H3/t31-,41?,42+,43-,44-,47-,48-,49-,50+,51+/m1/s1. The number of carbonyl (C=O) groups is 4. The first kappa shape index (κ1) is 46.2. The van der Waals surface area contributed by atoms with Gasteiger partial charge in [-0.2, -0.15) is 0 Å². The van der Waals surface area contributed by atoms with Crippen molar-refractivity contribution in [2.75, 3.05) is 72.6 Å². The Labute approximate surface area is 386 Å². The molecule has 0 amide bonds. The molecule has 2 bridgehead atoms. The molecule has 3 N–H and O–H groups in total. The fourth-order valence-electron chi connectivity index (χ4n) is 14.6. The van der Waals surface area contributed by atoms with Crippen molar-refractivity contribution >= 4 is 40.5 Å². The molecule has 356 valence electrons. The van der Waals surface area contributed by atoms with Gasteiger partial charge in [0.05, 0.1) is 40.1 Å². The summed E-state index contributed by atoms with van der Waals surface area (Å²) in [5, 5.41) is 27.3. The second-order valence-corrected chi connectivity index (χ2v) is 19.8. The van der Waals surface area contributed by atoms with E-state index in [4.69, 9.17) is 23.7 Å². The van der Waals surface area contributed by atoms with Crippen LogP contribution in [0.2, 0.25) is 0 Å². The summed E-state index contributed by atoms with van der Waals surface area (Å²) >= 11 is 0. The van der Waals surface area contributed by atoms with Crippen molar-refractivity contribution in [3.8, 4) is 5.75 Å². The average molecular weight is 911 g/mol. The molecule has 2 saturated heterocycles. The van der Waals surface area contributed by atoms with Crippen LogP contribution in [0.15, 0.2) is 48.6 Å². The monoisotopic (exact) mass is 910 g/mol. The number of aliphatic hydroxyl groups is 2. The maximum Gasteiger partial charge on any atom is 0.344 e. The van der Waals surface area contributed by atoms with Crippen molar-refractivity contribution in [1.29, 1.82) is 0 Å². The van der Waals surface area contributed by atoms with Gasteiger partial charge in [-0.15, -0.1) is 0 Å². The molecule has 6 aliphatic rings. The van der Waals surface area contributed by atoms with Crippen LogP contribution in [0.3, 0.4) is 0 Å². The summed E-state index contributed by atoms with van der Waals surface area (Å²) in [6, 6.07) is 10.7. The highest BCUT2D eigenvalue weighted by Crippen LogP contribution is 2.68. The van der Waals surface area contributed by atoms with E-state index >= 15 is 4.79 Å². The van der Waals surface area contributed by atoms with Crippen LogP contribution in [0.4, 0.5) is 5.69 Å². The normalized spacial score (nSPS) is 35.3. The van der Waals surface area contributed by atoms with Crippen LogP contribution in [-0.2, 0) is 55.4 Å². The highest BCUT2D eigenvalue weighted by molar-refractivity contribution is 5.95. The molecule has 1 spiro atoms. The molecule has 1 aromatic heterocycles. The van der Waals surface area contributed by atoms with Crippen LogP contribution in [0.25, 0.3) is 10.9 Å². The number of anilines is 1. The summed E-state index contributed by atoms with van der Waals surface area (Å²) < 4.78 is 29.5. The number of H-pyrrole nitrogens is 1. The van der Waals surface area contributed by atoms with Crippen LogP contribution in [0.5, 0.6) is 5.75 Å². The fraction of sp³-hybridized carbons (Fsp3) is 0.608. The minimum absolute atomic E-state index is 0.123. The molecule has 6 heterocycles. The number of esters is 4. The van der Waals surface area contributed by atoms with Gasteiger partial charge >= 0.3 is 23.9 Å². The van der Waals surface area contributed by atoms with Crippen LogP contribution >= 0.6 is 0 Å². The fourth-order valence-corrected chi connectivity index (χ4v) is 14.6. The van der Waals surface area contributed by atoms with Crippen LogP contribution in [-0.4, -0.2) is 146 Å². The Morgan fingerprint density at radius 3 is 2.39 bits per heavy atom. The number of hydrogen-bond acceptors (Lipinski definition) is 14. The second-order valence-electron chi connectivity index (χ2n) is 19.8. The SMILES string of the molecule is CCOC(=O)CC[C@]1(CC)CN2CCc3c([nH]c4ccccc34)[C@@](C(=O)OC)(c3cc4c(cc3OC)N(C)[C@H]3[C@@](O)(C(=O)OC)[C@H](OC(C)=O)[C@]5(CC)C=CCN6CC[C@]43[C@@H]65)C[C@H](C2)C1O. The molecular weight excluding hydrogens is 845 g/mol. The highest BCUT2D eigenvalue weighted by Gasteiger charge is 2.80. The minimum Gasteiger partial charge on any atom is -0.496 e. The lowest BCUT2D eigenvalue weighted by atomic mass is 9.47. The van der Waals surface area contributed by atoms with Gasteiger partial charge in [-0.05, 0) is 81.2 Å². The Kier molecular flexibility index (Phi) is 11.7. The van der Waals surface area contributed by atoms with Gasteiger partial charge in [0.15, 0.2) is 6.10 Å². The number of aromatic amines is 1. The van der Waals surface area contributed by atoms with Crippen molar-refractivity contribution in [2.24, 2.45) is 16.7 Å². The molecule has 2 aromatic carbocycles. The van der Waals surface area contributed by atoms with Gasteiger partial charge < -0.3 is 48.7 Å². The topological polar surface area (TPSA) is 180 Å². The zero-order chi connectivity index (χ0) is 47.1. The molecule has 11 atom stereocenters. The number of hydrogen-bond donors (Lipinski definition) is 3. The number of para-hydroxylation sites is 1. The van der Waals surface area contributed by atoms with Crippen molar-refractivity contribution in [3.05, 3.63) is 70.9 Å². The molecule has 3 fully saturated rings. The van der Waals surface area contributed by atoms with Crippen LogP contribution in [0, 0.1) is 16.7 Å². The Hall–Kier alpha value is -4.96. The first-order valence-corrected chi connectivity index (χ1v) is 23.7. The number of benzene rings is 2. The first-order chi connectivity index (χ1) is 31.6. The smallest absolute Gasteiger partial charge is 0.344 e. The van der Waals surface area contributed by atoms with E-state index < -0.39 is 69.3 Å². The Morgan fingerprint density at radius 2 is 1.71 bits per heavy atom. The number of nitrogens with zero attached hydrogens (tertiary/aromatic N) is 3.